The molecule has 1 N–H and O–H groups in total. The summed E-state index contributed by atoms with van der Waals surface area (Å²) in [6.07, 6.45) is 3.31. The fourth-order valence-electron chi connectivity index (χ4n) is 2.12. The Morgan fingerprint density at radius 3 is 2.52 bits per heavy atom. The van der Waals surface area contributed by atoms with Crippen LogP contribution in [0.15, 0.2) is 60.9 Å². The van der Waals surface area contributed by atoms with Gasteiger partial charge in [0.25, 0.3) is 0 Å². The van der Waals surface area contributed by atoms with Gasteiger partial charge in [-0.2, -0.15) is 5.10 Å². The van der Waals surface area contributed by atoms with Crippen LogP contribution in [0.25, 0.3) is 16.8 Å². The summed E-state index contributed by atoms with van der Waals surface area (Å²) in [7, 11) is 0. The molecule has 104 valence electrons. The molecule has 0 aliphatic heterocycles. The van der Waals surface area contributed by atoms with E-state index in [1.54, 1.807) is 53.5 Å². The summed E-state index contributed by atoms with van der Waals surface area (Å²) in [5.74, 6) is -1.30. The molecule has 0 amide bonds. The van der Waals surface area contributed by atoms with Crippen molar-refractivity contribution in [3.05, 3.63) is 72.3 Å². The molecular weight excluding hydrogens is 271 g/mol. The number of rotatable bonds is 3. The van der Waals surface area contributed by atoms with Crippen molar-refractivity contribution >= 4 is 5.97 Å². The van der Waals surface area contributed by atoms with Crippen molar-refractivity contribution in [1.82, 2.24) is 9.78 Å². The molecule has 1 aromatic heterocycles. The average molecular weight is 282 g/mol. The number of nitrogens with zero attached hydrogens (tertiary/aromatic N) is 2. The summed E-state index contributed by atoms with van der Waals surface area (Å²) < 4.78 is 14.5. The second kappa shape index (κ2) is 5.20. The van der Waals surface area contributed by atoms with Gasteiger partial charge < -0.3 is 5.11 Å². The summed E-state index contributed by atoms with van der Waals surface area (Å²) in [5, 5.41) is 13.4. The SMILES string of the molecule is O=C(O)c1ccccc1-c1cnn(-c2ccc(F)cc2)c1. The highest BCUT2D eigenvalue weighted by atomic mass is 19.1. The lowest BCUT2D eigenvalue weighted by atomic mass is 10.0. The second-order valence-electron chi connectivity index (χ2n) is 4.50. The van der Waals surface area contributed by atoms with Crippen LogP contribution in [-0.4, -0.2) is 20.9 Å². The van der Waals surface area contributed by atoms with E-state index in [0.29, 0.717) is 16.8 Å². The molecule has 3 aromatic rings. The molecule has 0 aliphatic carbocycles. The first-order valence-electron chi connectivity index (χ1n) is 6.28. The highest BCUT2D eigenvalue weighted by Gasteiger charge is 2.12. The number of hydrogen-bond acceptors (Lipinski definition) is 2. The lowest BCUT2D eigenvalue weighted by Crippen LogP contribution is -1.98. The monoisotopic (exact) mass is 282 g/mol. The number of benzene rings is 2. The molecule has 3 rings (SSSR count). The quantitative estimate of drug-likeness (QED) is 0.801. The maximum atomic E-state index is 12.9. The predicted molar refractivity (Wildman–Crippen MR) is 75.9 cm³/mol. The molecule has 0 saturated heterocycles. The Labute approximate surface area is 120 Å². The molecule has 0 spiro atoms. The highest BCUT2D eigenvalue weighted by molar-refractivity contribution is 5.95. The Balaban J connectivity index is 2.03. The van der Waals surface area contributed by atoms with E-state index in [9.17, 15) is 14.3 Å². The number of aromatic carboxylic acids is 1. The molecule has 2 aromatic carbocycles. The van der Waals surface area contributed by atoms with Crippen molar-refractivity contribution in [1.29, 1.82) is 0 Å². The molecule has 1 heterocycles. The van der Waals surface area contributed by atoms with Crippen molar-refractivity contribution in [2.24, 2.45) is 0 Å². The van der Waals surface area contributed by atoms with Gasteiger partial charge in [-0.15, -0.1) is 0 Å². The third-order valence-corrected chi connectivity index (χ3v) is 3.14. The van der Waals surface area contributed by atoms with Crippen molar-refractivity contribution < 1.29 is 14.3 Å². The van der Waals surface area contributed by atoms with Crippen molar-refractivity contribution in [2.45, 2.75) is 0 Å². The Hall–Kier alpha value is -2.95. The van der Waals surface area contributed by atoms with Gasteiger partial charge in [-0.1, -0.05) is 18.2 Å². The standard InChI is InChI=1S/C16H11FN2O2/c17-12-5-7-13(8-6-12)19-10-11(9-18-19)14-3-1-2-4-15(14)16(20)21/h1-10H,(H,20,21). The van der Waals surface area contributed by atoms with Gasteiger partial charge in [0.2, 0.25) is 0 Å². The molecule has 0 unspecified atom stereocenters. The van der Waals surface area contributed by atoms with E-state index in [2.05, 4.69) is 5.10 Å². The van der Waals surface area contributed by atoms with Gasteiger partial charge in [-0.3, -0.25) is 0 Å². The van der Waals surface area contributed by atoms with Crippen molar-refractivity contribution in [3.63, 3.8) is 0 Å². The topological polar surface area (TPSA) is 55.1 Å². The Kier molecular flexibility index (Phi) is 3.23. The Bertz CT molecular complexity index is 794. The molecular formula is C16H11FN2O2. The van der Waals surface area contributed by atoms with Crippen LogP contribution in [0.3, 0.4) is 0 Å². The smallest absolute Gasteiger partial charge is 0.336 e. The van der Waals surface area contributed by atoms with E-state index < -0.39 is 5.97 Å². The largest absolute Gasteiger partial charge is 0.478 e. The van der Waals surface area contributed by atoms with E-state index in [-0.39, 0.29) is 11.4 Å². The lowest BCUT2D eigenvalue weighted by Gasteiger charge is -2.03. The highest BCUT2D eigenvalue weighted by Crippen LogP contribution is 2.24. The van der Waals surface area contributed by atoms with Gasteiger partial charge in [-0.25, -0.2) is 13.9 Å². The first-order valence-corrected chi connectivity index (χ1v) is 6.28. The zero-order chi connectivity index (χ0) is 14.8. The number of carbonyl (C=O) groups is 1. The lowest BCUT2D eigenvalue weighted by molar-refractivity contribution is 0.0697. The maximum Gasteiger partial charge on any atom is 0.336 e. The minimum Gasteiger partial charge on any atom is -0.478 e. The van der Waals surface area contributed by atoms with Gasteiger partial charge in [0, 0.05) is 11.8 Å². The minimum absolute atomic E-state index is 0.219. The number of carboxylic acid groups (broad SMARTS) is 1. The molecule has 4 nitrogen and oxygen atoms in total. The van der Waals surface area contributed by atoms with Crippen LogP contribution in [0.1, 0.15) is 10.4 Å². The summed E-state index contributed by atoms with van der Waals surface area (Å²) >= 11 is 0. The van der Waals surface area contributed by atoms with E-state index in [0.717, 1.165) is 0 Å². The zero-order valence-electron chi connectivity index (χ0n) is 10.9. The first-order chi connectivity index (χ1) is 10.1. The van der Waals surface area contributed by atoms with E-state index in [1.165, 1.54) is 12.1 Å². The Morgan fingerprint density at radius 1 is 1.10 bits per heavy atom. The van der Waals surface area contributed by atoms with Crippen molar-refractivity contribution in [3.8, 4) is 16.8 Å². The molecule has 0 saturated carbocycles. The normalized spacial score (nSPS) is 10.5. The van der Waals surface area contributed by atoms with Gasteiger partial charge in [0.1, 0.15) is 5.82 Å². The number of hydrogen-bond donors (Lipinski definition) is 1. The second-order valence-corrected chi connectivity index (χ2v) is 4.50. The average Bonchev–Trinajstić information content (AvgIpc) is 2.97. The van der Waals surface area contributed by atoms with E-state index in [1.807, 2.05) is 0 Å². The van der Waals surface area contributed by atoms with Crippen LogP contribution in [-0.2, 0) is 0 Å². The summed E-state index contributed by atoms with van der Waals surface area (Å²) in [6, 6.07) is 12.6. The number of halogens is 1. The van der Waals surface area contributed by atoms with Gasteiger partial charge in [-0.05, 0) is 35.9 Å². The molecule has 21 heavy (non-hydrogen) atoms. The van der Waals surface area contributed by atoms with Crippen LogP contribution in [0, 0.1) is 5.82 Å². The molecule has 0 atom stereocenters. The van der Waals surface area contributed by atoms with Crippen LogP contribution in [0.5, 0.6) is 0 Å². The fraction of sp³-hybridized carbons (Fsp3) is 0. The third-order valence-electron chi connectivity index (χ3n) is 3.14. The van der Waals surface area contributed by atoms with Crippen LogP contribution in [0.2, 0.25) is 0 Å². The summed E-state index contributed by atoms with van der Waals surface area (Å²) in [4.78, 5) is 11.2. The summed E-state index contributed by atoms with van der Waals surface area (Å²) in [6.45, 7) is 0. The zero-order valence-corrected chi connectivity index (χ0v) is 10.9. The van der Waals surface area contributed by atoms with Crippen LogP contribution in [0.4, 0.5) is 4.39 Å². The van der Waals surface area contributed by atoms with Crippen LogP contribution >= 0.6 is 0 Å². The predicted octanol–water partition coefficient (Wildman–Crippen LogP) is 3.38. The van der Waals surface area contributed by atoms with E-state index in [4.69, 9.17) is 0 Å². The molecule has 5 heteroatoms. The summed E-state index contributed by atoms with van der Waals surface area (Å²) in [5.41, 5.74) is 2.21. The first kappa shape index (κ1) is 13.1. The van der Waals surface area contributed by atoms with Gasteiger partial charge in [0.15, 0.2) is 0 Å². The van der Waals surface area contributed by atoms with E-state index >= 15 is 0 Å². The molecule has 0 bridgehead atoms. The van der Waals surface area contributed by atoms with Gasteiger partial charge in [0.05, 0.1) is 17.4 Å². The Morgan fingerprint density at radius 2 is 1.81 bits per heavy atom. The molecule has 0 fully saturated rings. The molecule has 0 radical (unpaired) electrons. The molecule has 0 aliphatic rings. The van der Waals surface area contributed by atoms with Crippen molar-refractivity contribution in [2.75, 3.05) is 0 Å². The number of carboxylic acids is 1. The van der Waals surface area contributed by atoms with Crippen LogP contribution < -0.4 is 0 Å². The number of aromatic nitrogens is 2. The van der Waals surface area contributed by atoms with Gasteiger partial charge >= 0.3 is 5.97 Å². The fourth-order valence-corrected chi connectivity index (χ4v) is 2.12. The minimum atomic E-state index is -0.986. The maximum absolute atomic E-state index is 12.9. The third kappa shape index (κ3) is 2.53.